The highest BCUT2D eigenvalue weighted by Gasteiger charge is 2.34. The highest BCUT2D eigenvalue weighted by atomic mass is 15.2. The average molecular weight is 286 g/mol. The van der Waals surface area contributed by atoms with Gasteiger partial charge in [-0.25, -0.2) is 0 Å². The molecule has 4 nitrogen and oxygen atoms in total. The molecule has 21 heavy (non-hydrogen) atoms. The van der Waals surface area contributed by atoms with Gasteiger partial charge in [0.25, 0.3) is 0 Å². The van der Waals surface area contributed by atoms with Gasteiger partial charge in [-0.2, -0.15) is 5.26 Å². The summed E-state index contributed by atoms with van der Waals surface area (Å²) >= 11 is 0. The van der Waals surface area contributed by atoms with Crippen LogP contribution in [0.4, 0.5) is 0 Å². The van der Waals surface area contributed by atoms with E-state index in [-0.39, 0.29) is 5.54 Å². The van der Waals surface area contributed by atoms with E-state index in [0.29, 0.717) is 0 Å². The topological polar surface area (TPSA) is 42.3 Å². The summed E-state index contributed by atoms with van der Waals surface area (Å²) in [5.74, 6) is 0. The first-order valence-electron chi connectivity index (χ1n) is 7.71. The van der Waals surface area contributed by atoms with Gasteiger partial charge in [0.15, 0.2) is 0 Å². The molecular formula is C17H26N4. The van der Waals surface area contributed by atoms with Gasteiger partial charge in [0.05, 0.1) is 6.07 Å². The Kier molecular flexibility index (Phi) is 5.75. The average Bonchev–Trinajstić information content (AvgIpc) is 2.48. The van der Waals surface area contributed by atoms with Crippen LogP contribution in [-0.4, -0.2) is 55.6 Å². The Morgan fingerprint density at radius 3 is 2.76 bits per heavy atom. The molecule has 1 aliphatic rings. The lowest BCUT2D eigenvalue weighted by atomic mass is 9.90. The van der Waals surface area contributed by atoms with Gasteiger partial charge in [-0.1, -0.05) is 30.3 Å². The fourth-order valence-electron chi connectivity index (χ4n) is 2.91. The Morgan fingerprint density at radius 2 is 2.10 bits per heavy atom. The predicted molar refractivity (Wildman–Crippen MR) is 85.9 cm³/mol. The summed E-state index contributed by atoms with van der Waals surface area (Å²) in [7, 11) is 4.12. The van der Waals surface area contributed by atoms with Crippen LogP contribution in [0.3, 0.4) is 0 Å². The normalized spacial score (nSPS) is 23.1. The van der Waals surface area contributed by atoms with E-state index in [1.165, 1.54) is 5.56 Å². The maximum atomic E-state index is 9.64. The summed E-state index contributed by atoms with van der Waals surface area (Å²) in [6.07, 6.45) is 2.03. The summed E-state index contributed by atoms with van der Waals surface area (Å²) < 4.78 is 0. The zero-order valence-corrected chi connectivity index (χ0v) is 13.2. The van der Waals surface area contributed by atoms with Gasteiger partial charge in [-0.3, -0.25) is 10.2 Å². The quantitative estimate of drug-likeness (QED) is 0.864. The summed E-state index contributed by atoms with van der Waals surface area (Å²) in [5, 5.41) is 13.1. The zero-order chi connectivity index (χ0) is 15.1. The minimum Gasteiger partial charge on any atom is -0.308 e. The Hall–Kier alpha value is -1.41. The van der Waals surface area contributed by atoms with Crippen LogP contribution in [-0.2, 0) is 6.54 Å². The van der Waals surface area contributed by atoms with Crippen molar-refractivity contribution in [2.24, 2.45) is 0 Å². The van der Waals surface area contributed by atoms with E-state index in [2.05, 4.69) is 59.5 Å². The number of rotatable bonds is 6. The van der Waals surface area contributed by atoms with E-state index >= 15 is 0 Å². The molecule has 1 atom stereocenters. The molecule has 1 unspecified atom stereocenters. The number of piperidine rings is 1. The SMILES string of the molecule is CN(C)CCNC1(C#N)CCCN(Cc2ccccc2)C1. The van der Waals surface area contributed by atoms with Crippen LogP contribution in [0, 0.1) is 11.3 Å². The first kappa shape index (κ1) is 16.0. The third kappa shape index (κ3) is 4.82. The van der Waals surface area contributed by atoms with Gasteiger partial charge in [-0.15, -0.1) is 0 Å². The largest absolute Gasteiger partial charge is 0.308 e. The molecule has 0 bridgehead atoms. The zero-order valence-electron chi connectivity index (χ0n) is 13.2. The van der Waals surface area contributed by atoms with E-state index in [1.807, 2.05) is 6.07 Å². The predicted octanol–water partition coefficient (Wildman–Crippen LogP) is 1.70. The number of nitrogens with zero attached hydrogens (tertiary/aromatic N) is 3. The van der Waals surface area contributed by atoms with Crippen LogP contribution < -0.4 is 5.32 Å². The van der Waals surface area contributed by atoms with Crippen molar-refractivity contribution in [3.63, 3.8) is 0 Å². The van der Waals surface area contributed by atoms with E-state index in [1.54, 1.807) is 0 Å². The molecule has 2 rings (SSSR count). The van der Waals surface area contributed by atoms with Crippen molar-refractivity contribution in [2.75, 3.05) is 40.3 Å². The molecule has 4 heteroatoms. The van der Waals surface area contributed by atoms with Gasteiger partial charge in [-0.05, 0) is 39.0 Å². The monoisotopic (exact) mass is 286 g/mol. The van der Waals surface area contributed by atoms with Crippen molar-refractivity contribution in [3.8, 4) is 6.07 Å². The number of likely N-dealkylation sites (tertiary alicyclic amines) is 1. The van der Waals surface area contributed by atoms with Crippen LogP contribution in [0.25, 0.3) is 0 Å². The van der Waals surface area contributed by atoms with Crippen molar-refractivity contribution in [1.82, 2.24) is 15.1 Å². The summed E-state index contributed by atoms with van der Waals surface area (Å²) in [6, 6.07) is 13.0. The van der Waals surface area contributed by atoms with Crippen LogP contribution in [0.1, 0.15) is 18.4 Å². The molecule has 0 spiro atoms. The second-order valence-electron chi connectivity index (χ2n) is 6.22. The maximum Gasteiger partial charge on any atom is 0.119 e. The molecule has 1 aromatic carbocycles. The lowest BCUT2D eigenvalue weighted by molar-refractivity contribution is 0.147. The lowest BCUT2D eigenvalue weighted by Crippen LogP contribution is -2.56. The molecule has 1 saturated heterocycles. The standard InChI is InChI=1S/C17H26N4/c1-20(2)12-10-19-17(14-18)9-6-11-21(15-17)13-16-7-4-3-5-8-16/h3-5,7-8,19H,6,9-13,15H2,1-2H3. The molecular weight excluding hydrogens is 260 g/mol. The molecule has 114 valence electrons. The minimum atomic E-state index is -0.386. The number of benzene rings is 1. The van der Waals surface area contributed by atoms with Crippen LogP contribution in [0.5, 0.6) is 0 Å². The van der Waals surface area contributed by atoms with Crippen molar-refractivity contribution in [2.45, 2.75) is 24.9 Å². The number of hydrogen-bond donors (Lipinski definition) is 1. The van der Waals surface area contributed by atoms with Crippen molar-refractivity contribution >= 4 is 0 Å². The van der Waals surface area contributed by atoms with Crippen molar-refractivity contribution < 1.29 is 0 Å². The lowest BCUT2D eigenvalue weighted by Gasteiger charge is -2.39. The van der Waals surface area contributed by atoms with E-state index < -0.39 is 0 Å². The number of nitrogens with one attached hydrogen (secondary N) is 1. The summed E-state index contributed by atoms with van der Waals surface area (Å²) in [6.45, 7) is 4.64. The van der Waals surface area contributed by atoms with Gasteiger partial charge < -0.3 is 4.90 Å². The van der Waals surface area contributed by atoms with Crippen LogP contribution in [0.2, 0.25) is 0 Å². The highest BCUT2D eigenvalue weighted by Crippen LogP contribution is 2.22. The molecule has 1 N–H and O–H groups in total. The molecule has 1 aromatic rings. The third-order valence-corrected chi connectivity index (χ3v) is 4.06. The molecule has 0 aliphatic carbocycles. The first-order chi connectivity index (χ1) is 10.1. The maximum absolute atomic E-state index is 9.64. The Morgan fingerprint density at radius 1 is 1.33 bits per heavy atom. The smallest absolute Gasteiger partial charge is 0.119 e. The summed E-state index contributed by atoms with van der Waals surface area (Å²) in [4.78, 5) is 4.54. The first-order valence-corrected chi connectivity index (χ1v) is 7.71. The Bertz CT molecular complexity index is 465. The van der Waals surface area contributed by atoms with Gasteiger partial charge in [0.1, 0.15) is 5.54 Å². The molecule has 0 amide bonds. The molecule has 1 heterocycles. The fraction of sp³-hybridized carbons (Fsp3) is 0.588. The second-order valence-corrected chi connectivity index (χ2v) is 6.22. The summed E-state index contributed by atoms with van der Waals surface area (Å²) in [5.41, 5.74) is 0.933. The van der Waals surface area contributed by atoms with E-state index in [4.69, 9.17) is 0 Å². The molecule has 0 radical (unpaired) electrons. The number of nitriles is 1. The van der Waals surface area contributed by atoms with Crippen LogP contribution >= 0.6 is 0 Å². The Balaban J connectivity index is 1.93. The van der Waals surface area contributed by atoms with E-state index in [0.717, 1.165) is 45.6 Å². The Labute approximate surface area is 128 Å². The minimum absolute atomic E-state index is 0.386. The second kappa shape index (κ2) is 7.56. The molecule has 1 aliphatic heterocycles. The highest BCUT2D eigenvalue weighted by molar-refractivity contribution is 5.16. The van der Waals surface area contributed by atoms with Crippen molar-refractivity contribution in [3.05, 3.63) is 35.9 Å². The van der Waals surface area contributed by atoms with E-state index in [9.17, 15) is 5.26 Å². The van der Waals surface area contributed by atoms with Crippen molar-refractivity contribution in [1.29, 1.82) is 5.26 Å². The number of hydrogen-bond acceptors (Lipinski definition) is 4. The van der Waals surface area contributed by atoms with Gasteiger partial charge >= 0.3 is 0 Å². The third-order valence-electron chi connectivity index (χ3n) is 4.06. The molecule has 0 saturated carbocycles. The fourth-order valence-corrected chi connectivity index (χ4v) is 2.91. The van der Waals surface area contributed by atoms with Gasteiger partial charge in [0.2, 0.25) is 0 Å². The molecule has 0 aromatic heterocycles. The van der Waals surface area contributed by atoms with Gasteiger partial charge in [0, 0.05) is 26.2 Å². The molecule has 1 fully saturated rings. The number of likely N-dealkylation sites (N-methyl/N-ethyl adjacent to an activating group) is 1. The van der Waals surface area contributed by atoms with Crippen LogP contribution in [0.15, 0.2) is 30.3 Å².